The minimum Gasteiger partial charge on any atom is -0.504 e. The van der Waals surface area contributed by atoms with Crippen molar-refractivity contribution in [3.63, 3.8) is 0 Å². The Morgan fingerprint density at radius 3 is 2.68 bits per heavy atom. The van der Waals surface area contributed by atoms with Gasteiger partial charge in [0.1, 0.15) is 12.0 Å². The summed E-state index contributed by atoms with van der Waals surface area (Å²) in [6.45, 7) is 4.34. The minimum absolute atomic E-state index is 0.0121. The highest BCUT2D eigenvalue weighted by atomic mass is 16.5. The number of esters is 1. The molecule has 0 aliphatic rings. The van der Waals surface area contributed by atoms with E-state index in [0.717, 1.165) is 17.2 Å². The lowest BCUT2D eigenvalue weighted by Crippen LogP contribution is -2.12. The first-order valence-corrected chi connectivity index (χ1v) is 8.72. The van der Waals surface area contributed by atoms with Crippen LogP contribution in [-0.4, -0.2) is 43.2 Å². The van der Waals surface area contributed by atoms with E-state index in [0.29, 0.717) is 6.54 Å². The number of carbonyl (C=O) groups excluding carboxylic acids is 2. The Morgan fingerprint density at radius 2 is 2.04 bits per heavy atom. The van der Waals surface area contributed by atoms with Gasteiger partial charge in [-0.3, -0.25) is 9.89 Å². The summed E-state index contributed by atoms with van der Waals surface area (Å²) in [7, 11) is 0. The molecule has 0 aliphatic carbocycles. The average molecular weight is 380 g/mol. The quantitative estimate of drug-likeness (QED) is 0.282. The van der Waals surface area contributed by atoms with Crippen molar-refractivity contribution in [3.8, 4) is 0 Å². The van der Waals surface area contributed by atoms with Crippen molar-refractivity contribution < 1.29 is 19.4 Å². The van der Waals surface area contributed by atoms with Crippen LogP contribution in [0.4, 0.5) is 0 Å². The largest absolute Gasteiger partial charge is 0.504 e. The van der Waals surface area contributed by atoms with Crippen LogP contribution < -0.4 is 0 Å². The Labute approximate surface area is 161 Å². The molecule has 0 bridgehead atoms. The number of ether oxygens (including phenoxy) is 1. The molecule has 3 aromatic rings. The summed E-state index contributed by atoms with van der Waals surface area (Å²) in [5, 5.41) is 16.1. The molecular weight excluding hydrogens is 360 g/mol. The van der Waals surface area contributed by atoms with Gasteiger partial charge in [0.15, 0.2) is 11.5 Å². The zero-order chi connectivity index (χ0) is 20.1. The van der Waals surface area contributed by atoms with Crippen molar-refractivity contribution in [2.24, 2.45) is 0 Å². The number of aromatic amines is 1. The van der Waals surface area contributed by atoms with E-state index in [2.05, 4.69) is 15.2 Å². The molecule has 0 atom stereocenters. The lowest BCUT2D eigenvalue weighted by atomic mass is 10.1. The first-order valence-electron chi connectivity index (χ1n) is 8.72. The smallest absolute Gasteiger partial charge is 0.354 e. The Kier molecular flexibility index (Phi) is 5.69. The van der Waals surface area contributed by atoms with Crippen LogP contribution in [0.1, 0.15) is 44.7 Å². The second-order valence-electron chi connectivity index (χ2n) is 6.16. The van der Waals surface area contributed by atoms with Crippen LogP contribution in [0.25, 0.3) is 5.76 Å². The van der Waals surface area contributed by atoms with E-state index in [1.54, 1.807) is 17.7 Å². The SMILES string of the molecule is CCOC(=O)c1cc(C(=O)C=C(O)c2nc[nH]n2)cn1Cc1ccc(C)cc1. The van der Waals surface area contributed by atoms with Gasteiger partial charge in [0.25, 0.3) is 0 Å². The molecule has 1 aromatic carbocycles. The second-order valence-corrected chi connectivity index (χ2v) is 6.16. The van der Waals surface area contributed by atoms with Gasteiger partial charge in [0, 0.05) is 24.4 Å². The third kappa shape index (κ3) is 4.35. The van der Waals surface area contributed by atoms with Gasteiger partial charge in [-0.25, -0.2) is 9.78 Å². The highest BCUT2D eigenvalue weighted by Crippen LogP contribution is 2.16. The third-order valence-electron chi connectivity index (χ3n) is 4.05. The maximum Gasteiger partial charge on any atom is 0.354 e. The second kappa shape index (κ2) is 8.34. The van der Waals surface area contributed by atoms with Crippen molar-refractivity contribution in [2.45, 2.75) is 20.4 Å². The van der Waals surface area contributed by atoms with Gasteiger partial charge in [0.05, 0.1) is 6.61 Å². The zero-order valence-corrected chi connectivity index (χ0v) is 15.5. The number of nitrogens with one attached hydrogen (secondary N) is 1. The van der Waals surface area contributed by atoms with E-state index >= 15 is 0 Å². The van der Waals surface area contributed by atoms with Crippen LogP contribution >= 0.6 is 0 Å². The Morgan fingerprint density at radius 1 is 1.29 bits per heavy atom. The van der Waals surface area contributed by atoms with Gasteiger partial charge in [-0.15, -0.1) is 0 Å². The molecule has 28 heavy (non-hydrogen) atoms. The van der Waals surface area contributed by atoms with Gasteiger partial charge >= 0.3 is 5.97 Å². The van der Waals surface area contributed by atoms with Gasteiger partial charge in [-0.2, -0.15) is 5.10 Å². The fourth-order valence-electron chi connectivity index (χ4n) is 2.65. The van der Waals surface area contributed by atoms with Crippen LogP contribution in [0.5, 0.6) is 0 Å². The van der Waals surface area contributed by atoms with Crippen LogP contribution in [0.15, 0.2) is 48.9 Å². The molecule has 0 radical (unpaired) electrons. The Balaban J connectivity index is 1.91. The first-order chi connectivity index (χ1) is 13.5. The number of rotatable bonds is 7. The summed E-state index contributed by atoms with van der Waals surface area (Å²) in [6.07, 6.45) is 3.88. The summed E-state index contributed by atoms with van der Waals surface area (Å²) in [6, 6.07) is 9.33. The molecule has 0 unspecified atom stereocenters. The van der Waals surface area contributed by atoms with Crippen molar-refractivity contribution in [1.82, 2.24) is 19.7 Å². The fourth-order valence-corrected chi connectivity index (χ4v) is 2.65. The summed E-state index contributed by atoms with van der Waals surface area (Å²) < 4.78 is 6.76. The fraction of sp³-hybridized carbons (Fsp3) is 0.200. The number of benzene rings is 1. The van der Waals surface area contributed by atoms with E-state index in [4.69, 9.17) is 4.74 Å². The Hall–Kier alpha value is -3.68. The number of carbonyl (C=O) groups is 2. The number of ketones is 1. The van der Waals surface area contributed by atoms with Crippen molar-refractivity contribution in [2.75, 3.05) is 6.61 Å². The van der Waals surface area contributed by atoms with Crippen molar-refractivity contribution in [3.05, 3.63) is 77.1 Å². The van der Waals surface area contributed by atoms with E-state index < -0.39 is 11.8 Å². The molecular formula is C20H20N4O4. The Bertz CT molecular complexity index is 1000. The number of aromatic nitrogens is 4. The van der Waals surface area contributed by atoms with E-state index in [1.807, 2.05) is 31.2 Å². The number of nitrogens with zero attached hydrogens (tertiary/aromatic N) is 3. The topological polar surface area (TPSA) is 110 Å². The molecule has 2 heterocycles. The molecule has 0 fully saturated rings. The molecule has 0 spiro atoms. The molecule has 8 nitrogen and oxygen atoms in total. The summed E-state index contributed by atoms with van der Waals surface area (Å²) in [4.78, 5) is 28.6. The maximum atomic E-state index is 12.5. The lowest BCUT2D eigenvalue weighted by molar-refractivity contribution is 0.0514. The molecule has 0 amide bonds. The van der Waals surface area contributed by atoms with Crippen LogP contribution in [0.2, 0.25) is 0 Å². The van der Waals surface area contributed by atoms with Crippen LogP contribution in [0, 0.1) is 6.92 Å². The zero-order valence-electron chi connectivity index (χ0n) is 15.5. The summed E-state index contributed by atoms with van der Waals surface area (Å²) in [5.74, 6) is -1.35. The monoisotopic (exact) mass is 380 g/mol. The standard InChI is InChI=1S/C20H20N4O4/c1-3-28-20(27)16-8-15(17(25)9-18(26)19-21-12-22-23-19)11-24(16)10-14-6-4-13(2)5-7-14/h4-9,11-12,26H,3,10H2,1-2H3,(H,21,22,23). The molecule has 2 N–H and O–H groups in total. The minimum atomic E-state index is -0.518. The third-order valence-corrected chi connectivity index (χ3v) is 4.05. The number of aliphatic hydroxyl groups excluding tert-OH is 1. The van der Waals surface area contributed by atoms with E-state index in [9.17, 15) is 14.7 Å². The predicted octanol–water partition coefficient (Wildman–Crippen LogP) is 2.92. The summed E-state index contributed by atoms with van der Waals surface area (Å²) >= 11 is 0. The van der Waals surface area contributed by atoms with Gasteiger partial charge < -0.3 is 14.4 Å². The molecule has 2 aromatic heterocycles. The van der Waals surface area contributed by atoms with Crippen LogP contribution in [0.3, 0.4) is 0 Å². The molecule has 3 rings (SSSR count). The van der Waals surface area contributed by atoms with Crippen molar-refractivity contribution in [1.29, 1.82) is 0 Å². The van der Waals surface area contributed by atoms with E-state index in [-0.39, 0.29) is 29.4 Å². The maximum absolute atomic E-state index is 12.5. The highest BCUT2D eigenvalue weighted by Gasteiger charge is 2.19. The number of aliphatic hydroxyl groups is 1. The van der Waals surface area contributed by atoms with Gasteiger partial charge in [0.2, 0.25) is 5.82 Å². The molecule has 0 saturated heterocycles. The summed E-state index contributed by atoms with van der Waals surface area (Å²) in [5.41, 5.74) is 2.61. The first kappa shape index (κ1) is 19.1. The number of H-pyrrole nitrogens is 1. The molecule has 144 valence electrons. The highest BCUT2D eigenvalue weighted by molar-refractivity contribution is 6.08. The van der Waals surface area contributed by atoms with Crippen molar-refractivity contribution >= 4 is 17.5 Å². The number of aryl methyl sites for hydroxylation is 1. The average Bonchev–Trinajstić information content (AvgIpc) is 3.34. The molecule has 0 saturated carbocycles. The molecule has 0 aliphatic heterocycles. The number of allylic oxidation sites excluding steroid dienone is 1. The predicted molar refractivity (Wildman–Crippen MR) is 102 cm³/mol. The molecule has 8 heteroatoms. The van der Waals surface area contributed by atoms with E-state index in [1.165, 1.54) is 12.4 Å². The lowest BCUT2D eigenvalue weighted by Gasteiger charge is -2.08. The van der Waals surface area contributed by atoms with Gasteiger partial charge in [-0.05, 0) is 25.5 Å². The normalized spacial score (nSPS) is 11.4. The number of hydrogen-bond donors (Lipinski definition) is 2. The van der Waals surface area contributed by atoms with Crippen LogP contribution in [-0.2, 0) is 11.3 Å². The number of hydrogen-bond acceptors (Lipinski definition) is 6. The van der Waals surface area contributed by atoms with Gasteiger partial charge in [-0.1, -0.05) is 29.8 Å².